The average molecular weight is 531 g/mol. The molecule has 0 radical (unpaired) electrons. The number of fused-ring (bicyclic) bond motifs is 2. The van der Waals surface area contributed by atoms with Gasteiger partial charge in [0.25, 0.3) is 0 Å². The van der Waals surface area contributed by atoms with Crippen molar-refractivity contribution >= 4 is 40.7 Å². The molecule has 2 heteroatoms. The predicted octanol–water partition coefficient (Wildman–Crippen LogP) is 6.05. The summed E-state index contributed by atoms with van der Waals surface area (Å²) in [6.07, 6.45) is 0. The molecule has 0 heterocycles. The van der Waals surface area contributed by atoms with Crippen LogP contribution in [0.1, 0.15) is 5.56 Å². The van der Waals surface area contributed by atoms with Crippen LogP contribution in [0.2, 0.25) is 0 Å². The van der Waals surface area contributed by atoms with Crippen molar-refractivity contribution < 1.29 is 25.8 Å². The first-order valence-electron chi connectivity index (χ1n) is 8.89. The van der Waals surface area contributed by atoms with E-state index in [2.05, 4.69) is 110 Å². The number of benzene rings is 3. The van der Waals surface area contributed by atoms with Crippen LogP contribution in [0.4, 0.5) is 0 Å². The first kappa shape index (κ1) is 19.9. The van der Waals surface area contributed by atoms with Crippen molar-refractivity contribution in [2.75, 3.05) is 0 Å². The van der Waals surface area contributed by atoms with Gasteiger partial charge in [0.15, 0.2) is 0 Å². The number of aryl methyl sites for hydroxylation is 1. The third kappa shape index (κ3) is 4.72. The van der Waals surface area contributed by atoms with Gasteiger partial charge in [0.2, 0.25) is 0 Å². The standard InChI is InChI=1S/C16H14P.C9H7.Hf/c1-12-6-2-5-9-15(12)17-16-11-10-13-7-3-4-8-14(13)16;1-2-5-9-7-3-6-8(9)4-1;/h2-11,17H,1H3;1-7H;/q2*-1;. The van der Waals surface area contributed by atoms with E-state index in [1.165, 1.54) is 37.7 Å². The largest absolute Gasteiger partial charge is 0.168 e. The van der Waals surface area contributed by atoms with Crippen molar-refractivity contribution in [3.8, 4) is 0 Å². The van der Waals surface area contributed by atoms with Gasteiger partial charge in [0.05, 0.1) is 0 Å². The summed E-state index contributed by atoms with van der Waals surface area (Å²) < 4.78 is 0. The van der Waals surface area contributed by atoms with Gasteiger partial charge in [-0.3, -0.25) is 0 Å². The Labute approximate surface area is 181 Å². The Morgan fingerprint density at radius 3 is 2.26 bits per heavy atom. The molecular formula is C25H21HfP-2. The third-order valence-corrected chi connectivity index (χ3v) is 6.18. The van der Waals surface area contributed by atoms with Crippen LogP contribution >= 0.6 is 8.58 Å². The molecule has 0 spiro atoms. The molecule has 5 aromatic rings. The number of rotatable bonds is 2. The van der Waals surface area contributed by atoms with E-state index in [4.69, 9.17) is 0 Å². The summed E-state index contributed by atoms with van der Waals surface area (Å²) in [5, 5.41) is 8.31. The molecule has 0 bridgehead atoms. The molecule has 27 heavy (non-hydrogen) atoms. The van der Waals surface area contributed by atoms with Crippen molar-refractivity contribution in [3.05, 3.63) is 109 Å². The molecule has 0 aliphatic rings. The van der Waals surface area contributed by atoms with Gasteiger partial charge in [-0.15, -0.1) is 78.6 Å². The van der Waals surface area contributed by atoms with Gasteiger partial charge < -0.3 is 0 Å². The zero-order chi connectivity index (χ0) is 17.8. The molecule has 1 unspecified atom stereocenters. The van der Waals surface area contributed by atoms with Crippen LogP contribution in [0.5, 0.6) is 0 Å². The summed E-state index contributed by atoms with van der Waals surface area (Å²) in [5.74, 6) is 0. The van der Waals surface area contributed by atoms with Gasteiger partial charge in [-0.2, -0.15) is 23.6 Å². The molecule has 5 aromatic carbocycles. The van der Waals surface area contributed by atoms with Gasteiger partial charge >= 0.3 is 0 Å². The van der Waals surface area contributed by atoms with E-state index in [1.54, 1.807) is 0 Å². The van der Waals surface area contributed by atoms with Gasteiger partial charge in [-0.1, -0.05) is 36.4 Å². The smallest absolute Gasteiger partial charge is 0 e. The molecule has 0 fully saturated rings. The van der Waals surface area contributed by atoms with Crippen LogP contribution in [0.3, 0.4) is 0 Å². The Morgan fingerprint density at radius 2 is 1.44 bits per heavy atom. The van der Waals surface area contributed by atoms with Crippen LogP contribution < -0.4 is 10.6 Å². The summed E-state index contributed by atoms with van der Waals surface area (Å²) in [6, 6.07) is 36.4. The molecule has 132 valence electrons. The molecule has 1 atom stereocenters. The second-order valence-corrected chi connectivity index (χ2v) is 7.76. The first-order valence-corrected chi connectivity index (χ1v) is 9.89. The van der Waals surface area contributed by atoms with Crippen LogP contribution in [0, 0.1) is 6.92 Å². The summed E-state index contributed by atoms with van der Waals surface area (Å²) in [7, 11) is 0.754. The quantitative estimate of drug-likeness (QED) is 0.148. The molecule has 0 aliphatic heterocycles. The Morgan fingerprint density at radius 1 is 0.741 bits per heavy atom. The van der Waals surface area contributed by atoms with Crippen molar-refractivity contribution in [2.45, 2.75) is 6.92 Å². The van der Waals surface area contributed by atoms with E-state index in [9.17, 15) is 0 Å². The maximum Gasteiger partial charge on any atom is 0 e. The van der Waals surface area contributed by atoms with Crippen LogP contribution in [0.15, 0.2) is 103 Å². The monoisotopic (exact) mass is 532 g/mol. The Balaban J connectivity index is 0.000000178. The molecule has 0 amide bonds. The van der Waals surface area contributed by atoms with E-state index in [0.29, 0.717) is 0 Å². The van der Waals surface area contributed by atoms with E-state index >= 15 is 0 Å². The summed E-state index contributed by atoms with van der Waals surface area (Å²) in [4.78, 5) is 0. The Kier molecular flexibility index (Phi) is 6.94. The third-order valence-electron chi connectivity index (χ3n) is 4.64. The maximum absolute atomic E-state index is 2.26. The van der Waals surface area contributed by atoms with Gasteiger partial charge in [-0.05, 0) is 17.8 Å². The van der Waals surface area contributed by atoms with Crippen molar-refractivity contribution in [2.24, 2.45) is 0 Å². The van der Waals surface area contributed by atoms with E-state index in [1.807, 2.05) is 0 Å². The molecule has 0 saturated heterocycles. The normalized spacial score (nSPS) is 10.7. The molecule has 0 saturated carbocycles. The van der Waals surface area contributed by atoms with Crippen molar-refractivity contribution in [1.29, 1.82) is 0 Å². The van der Waals surface area contributed by atoms with Crippen LogP contribution in [-0.4, -0.2) is 0 Å². The molecule has 0 aliphatic carbocycles. The minimum Gasteiger partial charge on any atom is -0.168 e. The van der Waals surface area contributed by atoms with Gasteiger partial charge in [0.1, 0.15) is 0 Å². The van der Waals surface area contributed by atoms with Gasteiger partial charge in [0, 0.05) is 25.8 Å². The fourth-order valence-corrected chi connectivity index (χ4v) is 4.47. The van der Waals surface area contributed by atoms with E-state index < -0.39 is 0 Å². The number of hydrogen-bond acceptors (Lipinski definition) is 0. The van der Waals surface area contributed by atoms with Crippen molar-refractivity contribution in [1.82, 2.24) is 0 Å². The minimum atomic E-state index is 0. The Hall–Kier alpha value is -1.82. The minimum absolute atomic E-state index is 0. The second kappa shape index (κ2) is 9.40. The molecule has 5 rings (SSSR count). The fourth-order valence-electron chi connectivity index (χ4n) is 3.19. The van der Waals surface area contributed by atoms with Crippen LogP contribution in [-0.2, 0) is 25.8 Å². The topological polar surface area (TPSA) is 0 Å². The maximum atomic E-state index is 2.26. The number of hydrogen-bond donors (Lipinski definition) is 0. The summed E-state index contributed by atoms with van der Waals surface area (Å²) in [6.45, 7) is 2.19. The zero-order valence-electron chi connectivity index (χ0n) is 15.3. The Bertz CT molecular complexity index is 1100. The average Bonchev–Trinajstić information content (AvgIpc) is 3.31. The predicted molar refractivity (Wildman–Crippen MR) is 118 cm³/mol. The molecule has 0 N–H and O–H groups in total. The summed E-state index contributed by atoms with van der Waals surface area (Å²) >= 11 is 0. The van der Waals surface area contributed by atoms with Crippen molar-refractivity contribution in [3.63, 3.8) is 0 Å². The molecular weight excluding hydrogens is 510 g/mol. The molecule has 0 aromatic heterocycles. The molecule has 0 nitrogen and oxygen atoms in total. The fraction of sp³-hybridized carbons (Fsp3) is 0.0400. The van der Waals surface area contributed by atoms with Crippen LogP contribution in [0.25, 0.3) is 21.5 Å². The summed E-state index contributed by atoms with van der Waals surface area (Å²) in [5.41, 5.74) is 1.39. The van der Waals surface area contributed by atoms with E-state index in [0.717, 1.165) is 8.58 Å². The van der Waals surface area contributed by atoms with Gasteiger partial charge in [-0.25, -0.2) is 0 Å². The first-order chi connectivity index (χ1) is 12.8. The SMILES string of the molecule is Cc1ccccc1P[c-]1ccc2ccccc21.[Hf].c1ccc2[cH-]ccc2c1. The zero-order valence-corrected chi connectivity index (χ0v) is 19.9. The van der Waals surface area contributed by atoms with E-state index in [-0.39, 0.29) is 25.8 Å². The second-order valence-electron chi connectivity index (χ2n) is 6.43.